The highest BCUT2D eigenvalue weighted by atomic mass is 19.4. The largest absolute Gasteiger partial charge is 0.391 e. The fraction of sp³-hybridized carbons (Fsp3) is 0.545. The Bertz CT molecular complexity index is 491. The normalized spacial score (nSPS) is 25.2. The first kappa shape index (κ1) is 13.7. The molecule has 104 valence electrons. The lowest BCUT2D eigenvalue weighted by atomic mass is 9.82. The van der Waals surface area contributed by atoms with E-state index in [-0.39, 0.29) is 12.2 Å². The molecular weight excluding hydrogens is 266 g/mol. The minimum atomic E-state index is -4.42. The first-order valence-electron chi connectivity index (χ1n) is 5.63. The van der Waals surface area contributed by atoms with Crippen molar-refractivity contribution in [3.8, 4) is 0 Å². The Kier molecular flexibility index (Phi) is 3.42. The number of hydrogen-bond donors (Lipinski definition) is 1. The summed E-state index contributed by atoms with van der Waals surface area (Å²) >= 11 is 0. The zero-order valence-electron chi connectivity index (χ0n) is 9.91. The summed E-state index contributed by atoms with van der Waals surface area (Å²) < 4.78 is 51.2. The van der Waals surface area contributed by atoms with E-state index in [0.29, 0.717) is 0 Å². The van der Waals surface area contributed by atoms with Crippen LogP contribution in [0.15, 0.2) is 12.3 Å². The summed E-state index contributed by atoms with van der Waals surface area (Å²) in [5, 5.41) is 2.37. The smallest absolute Gasteiger partial charge is 0.355 e. The van der Waals surface area contributed by atoms with Gasteiger partial charge in [-0.2, -0.15) is 17.6 Å². The molecule has 1 aromatic rings. The van der Waals surface area contributed by atoms with Gasteiger partial charge in [0, 0.05) is 18.7 Å². The average Bonchev–Trinajstić information content (AvgIpc) is 2.68. The fourth-order valence-corrected chi connectivity index (χ4v) is 2.22. The standard InChI is InChI=1S/C11H11F4N3O/c1-5(11(13,14)15)6-4-17-9(19)8(6)7-2-3-16-10(12)18-7/h2-3,5-6,8H,4H2,1H3,(H,17,19). The van der Waals surface area contributed by atoms with Crippen LogP contribution in [0.2, 0.25) is 0 Å². The quantitative estimate of drug-likeness (QED) is 0.660. The highest BCUT2D eigenvalue weighted by Crippen LogP contribution is 2.40. The fourth-order valence-electron chi connectivity index (χ4n) is 2.22. The molecule has 8 heteroatoms. The van der Waals surface area contributed by atoms with Gasteiger partial charge in [-0.3, -0.25) is 4.79 Å². The zero-order chi connectivity index (χ0) is 14.2. The molecule has 1 aromatic heterocycles. The van der Waals surface area contributed by atoms with Gasteiger partial charge in [0.25, 0.3) is 0 Å². The van der Waals surface area contributed by atoms with Crippen LogP contribution in [-0.4, -0.2) is 28.6 Å². The van der Waals surface area contributed by atoms with Crippen LogP contribution in [0.25, 0.3) is 0 Å². The van der Waals surface area contributed by atoms with Crippen LogP contribution >= 0.6 is 0 Å². The first-order chi connectivity index (χ1) is 8.80. The molecule has 1 amide bonds. The third kappa shape index (κ3) is 2.66. The van der Waals surface area contributed by atoms with Crippen LogP contribution in [-0.2, 0) is 4.79 Å². The summed E-state index contributed by atoms with van der Waals surface area (Å²) in [6, 6.07) is 1.26. The van der Waals surface area contributed by atoms with Crippen LogP contribution in [0.4, 0.5) is 17.6 Å². The number of carbonyl (C=O) groups excluding carboxylic acids is 1. The monoisotopic (exact) mass is 277 g/mol. The molecule has 3 unspecified atom stereocenters. The molecule has 4 nitrogen and oxygen atoms in total. The van der Waals surface area contributed by atoms with Gasteiger partial charge in [-0.15, -0.1) is 0 Å². The zero-order valence-corrected chi connectivity index (χ0v) is 9.91. The van der Waals surface area contributed by atoms with Crippen LogP contribution in [0.1, 0.15) is 18.5 Å². The van der Waals surface area contributed by atoms with E-state index in [2.05, 4.69) is 15.3 Å². The molecule has 0 aliphatic carbocycles. The molecule has 0 spiro atoms. The van der Waals surface area contributed by atoms with E-state index >= 15 is 0 Å². The van der Waals surface area contributed by atoms with Crippen molar-refractivity contribution in [2.24, 2.45) is 11.8 Å². The Morgan fingerprint density at radius 1 is 1.47 bits per heavy atom. The van der Waals surface area contributed by atoms with Crippen molar-refractivity contribution in [1.82, 2.24) is 15.3 Å². The molecular formula is C11H11F4N3O. The number of alkyl halides is 3. The second kappa shape index (κ2) is 4.75. The lowest BCUT2D eigenvalue weighted by molar-refractivity contribution is -0.183. The third-order valence-electron chi connectivity index (χ3n) is 3.35. The molecule has 1 saturated heterocycles. The van der Waals surface area contributed by atoms with Crippen molar-refractivity contribution in [2.45, 2.75) is 19.0 Å². The van der Waals surface area contributed by atoms with Crippen molar-refractivity contribution in [3.05, 3.63) is 24.0 Å². The average molecular weight is 277 g/mol. The Morgan fingerprint density at radius 2 is 2.16 bits per heavy atom. The van der Waals surface area contributed by atoms with Gasteiger partial charge in [-0.25, -0.2) is 9.97 Å². The summed E-state index contributed by atoms with van der Waals surface area (Å²) in [7, 11) is 0. The molecule has 3 atom stereocenters. The number of carbonyl (C=O) groups is 1. The second-order valence-corrected chi connectivity index (χ2v) is 4.47. The van der Waals surface area contributed by atoms with E-state index < -0.39 is 35.9 Å². The molecule has 2 rings (SSSR count). The highest BCUT2D eigenvalue weighted by molar-refractivity contribution is 5.85. The van der Waals surface area contributed by atoms with E-state index in [9.17, 15) is 22.4 Å². The minimum absolute atomic E-state index is 0.0244. The predicted octanol–water partition coefficient (Wildman–Crippen LogP) is 1.64. The highest BCUT2D eigenvalue weighted by Gasteiger charge is 2.49. The van der Waals surface area contributed by atoms with E-state index in [1.165, 1.54) is 6.07 Å². The Balaban J connectivity index is 2.33. The lowest BCUT2D eigenvalue weighted by Gasteiger charge is -2.25. The van der Waals surface area contributed by atoms with E-state index in [1.54, 1.807) is 0 Å². The molecule has 0 aromatic carbocycles. The maximum Gasteiger partial charge on any atom is 0.391 e. The SMILES string of the molecule is CC(C1CNC(=O)C1c1ccnc(F)n1)C(F)(F)F. The molecule has 1 aliphatic heterocycles. The Hall–Kier alpha value is -1.73. The van der Waals surface area contributed by atoms with Crippen LogP contribution in [0.5, 0.6) is 0 Å². The number of nitrogens with one attached hydrogen (secondary N) is 1. The first-order valence-corrected chi connectivity index (χ1v) is 5.63. The van der Waals surface area contributed by atoms with Crippen molar-refractivity contribution < 1.29 is 22.4 Å². The van der Waals surface area contributed by atoms with E-state index in [0.717, 1.165) is 13.1 Å². The number of halogens is 4. The van der Waals surface area contributed by atoms with Gasteiger partial charge in [0.05, 0.1) is 17.5 Å². The van der Waals surface area contributed by atoms with Crippen molar-refractivity contribution in [1.29, 1.82) is 0 Å². The Morgan fingerprint density at radius 3 is 2.74 bits per heavy atom. The molecule has 1 aliphatic rings. The van der Waals surface area contributed by atoms with Gasteiger partial charge in [-0.05, 0) is 6.07 Å². The molecule has 0 bridgehead atoms. The maximum absolute atomic E-state index is 12.9. The van der Waals surface area contributed by atoms with Crippen LogP contribution < -0.4 is 5.32 Å². The van der Waals surface area contributed by atoms with Gasteiger partial charge < -0.3 is 5.32 Å². The topological polar surface area (TPSA) is 54.9 Å². The van der Waals surface area contributed by atoms with Gasteiger partial charge in [-0.1, -0.05) is 6.92 Å². The molecule has 0 radical (unpaired) electrons. The van der Waals surface area contributed by atoms with Gasteiger partial charge >= 0.3 is 12.3 Å². The summed E-state index contributed by atoms with van der Waals surface area (Å²) in [6.07, 6.45) is -4.39. The summed E-state index contributed by atoms with van der Waals surface area (Å²) in [6.45, 7) is 0.908. The molecule has 0 saturated carbocycles. The maximum atomic E-state index is 12.9. The Labute approximate surface area is 106 Å². The van der Waals surface area contributed by atoms with Crippen molar-refractivity contribution in [3.63, 3.8) is 0 Å². The molecule has 2 heterocycles. The van der Waals surface area contributed by atoms with Crippen molar-refractivity contribution in [2.75, 3.05) is 6.54 Å². The van der Waals surface area contributed by atoms with Crippen LogP contribution in [0, 0.1) is 17.9 Å². The minimum Gasteiger partial charge on any atom is -0.355 e. The lowest BCUT2D eigenvalue weighted by Crippen LogP contribution is -2.32. The summed E-state index contributed by atoms with van der Waals surface area (Å²) in [5.41, 5.74) is -0.0244. The number of amides is 1. The van der Waals surface area contributed by atoms with Crippen molar-refractivity contribution >= 4 is 5.91 Å². The van der Waals surface area contributed by atoms with E-state index in [4.69, 9.17) is 0 Å². The van der Waals surface area contributed by atoms with Gasteiger partial charge in [0.1, 0.15) is 0 Å². The van der Waals surface area contributed by atoms with E-state index in [1.807, 2.05) is 0 Å². The summed E-state index contributed by atoms with van der Waals surface area (Å²) in [5.74, 6) is -4.36. The number of rotatable bonds is 2. The van der Waals surface area contributed by atoms with Crippen LogP contribution in [0.3, 0.4) is 0 Å². The van der Waals surface area contributed by atoms with Gasteiger partial charge in [0.15, 0.2) is 0 Å². The number of aromatic nitrogens is 2. The predicted molar refractivity (Wildman–Crippen MR) is 56.4 cm³/mol. The third-order valence-corrected chi connectivity index (χ3v) is 3.35. The molecule has 19 heavy (non-hydrogen) atoms. The molecule has 1 fully saturated rings. The second-order valence-electron chi connectivity index (χ2n) is 4.47. The number of hydrogen-bond acceptors (Lipinski definition) is 3. The molecule has 1 N–H and O–H groups in total. The summed E-state index contributed by atoms with van der Waals surface area (Å²) in [4.78, 5) is 18.3. The number of nitrogens with zero attached hydrogens (tertiary/aromatic N) is 2. The van der Waals surface area contributed by atoms with Gasteiger partial charge in [0.2, 0.25) is 5.91 Å².